The van der Waals surface area contributed by atoms with Crippen LogP contribution < -0.4 is 0 Å². The van der Waals surface area contributed by atoms with Crippen molar-refractivity contribution in [3.8, 4) is 0 Å². The van der Waals surface area contributed by atoms with E-state index in [1.807, 2.05) is 0 Å². The highest BCUT2D eigenvalue weighted by Gasteiger charge is 2.30. The molecule has 0 bridgehead atoms. The Morgan fingerprint density at radius 2 is 0.485 bits per heavy atom. The summed E-state index contributed by atoms with van der Waals surface area (Å²) in [5.41, 5.74) is 0. The van der Waals surface area contributed by atoms with Gasteiger partial charge in [0.15, 0.2) is 12.2 Å². The van der Waals surface area contributed by atoms with Gasteiger partial charge in [0.25, 0.3) is 0 Å². The van der Waals surface area contributed by atoms with Crippen LogP contribution in [0, 0.1) is 5.92 Å². The summed E-state index contributed by atoms with van der Waals surface area (Å²) in [6.07, 6.45) is 64.0. The lowest BCUT2D eigenvalue weighted by atomic mass is 10.00. The molecule has 0 radical (unpaired) electrons. The summed E-state index contributed by atoms with van der Waals surface area (Å²) < 4.78 is 68.6. The average molecular weight is 1450 g/mol. The number of hydrogen-bond donors (Lipinski definition) is 3. The number of aliphatic hydroxyl groups is 1. The van der Waals surface area contributed by atoms with Crippen molar-refractivity contribution in [1.82, 2.24) is 0 Å². The van der Waals surface area contributed by atoms with Gasteiger partial charge in [-0.3, -0.25) is 37.3 Å². The molecule has 19 heteroatoms. The fourth-order valence-corrected chi connectivity index (χ4v) is 14.0. The Labute approximate surface area is 607 Å². The number of ether oxygens (including phenoxy) is 4. The highest BCUT2D eigenvalue weighted by atomic mass is 31.2. The summed E-state index contributed by atoms with van der Waals surface area (Å²) in [6.45, 7) is 7.26. The Hall–Kier alpha value is -1.94. The van der Waals surface area contributed by atoms with Crippen LogP contribution >= 0.6 is 15.6 Å². The van der Waals surface area contributed by atoms with Crippen molar-refractivity contribution in [2.45, 2.75) is 445 Å². The maximum atomic E-state index is 13.1. The van der Waals surface area contributed by atoms with E-state index >= 15 is 0 Å². The molecule has 3 unspecified atom stereocenters. The van der Waals surface area contributed by atoms with Crippen molar-refractivity contribution < 1.29 is 80.2 Å². The summed E-state index contributed by atoms with van der Waals surface area (Å²) in [6, 6.07) is 0. The number of carbonyl (C=O) groups excluding carboxylic acids is 4. The van der Waals surface area contributed by atoms with E-state index in [9.17, 15) is 43.2 Å². The zero-order valence-corrected chi connectivity index (χ0v) is 66.4. The van der Waals surface area contributed by atoms with Gasteiger partial charge in [-0.15, -0.1) is 0 Å². The first kappa shape index (κ1) is 97.1. The van der Waals surface area contributed by atoms with Gasteiger partial charge in [-0.25, -0.2) is 9.13 Å². The normalized spacial score (nSPS) is 14.1. The molecule has 0 aromatic rings. The predicted molar refractivity (Wildman–Crippen MR) is 405 cm³/mol. The van der Waals surface area contributed by atoms with E-state index in [1.165, 1.54) is 250 Å². The standard InChI is InChI=1S/C80H156O17P2/c1-6-10-13-16-19-22-25-27-29-31-33-35-37-39-41-43-46-49-55-60-65-79(84)96-75(69-90-78(83)64-59-54-48-45-42-40-38-36-34-32-30-28-26-23-20-17-14-11-7-2)71-94-98(86,87)92-67-74(81)68-93-99(88,89)95-72-76(97-80(85)66-61-56-51-50-52-57-62-73(5)9-4)70-91-77(82)63-58-53-47-44-24-21-18-15-12-8-3/h73-76,81H,6-72H2,1-5H3,(H,86,87)(H,88,89)/t73?,74-,75-,76-/m1/s1. The van der Waals surface area contributed by atoms with Crippen molar-refractivity contribution in [2.75, 3.05) is 39.6 Å². The van der Waals surface area contributed by atoms with Crippen LogP contribution in [-0.2, 0) is 65.4 Å². The van der Waals surface area contributed by atoms with E-state index in [1.54, 1.807) is 0 Å². The van der Waals surface area contributed by atoms with E-state index in [2.05, 4.69) is 34.6 Å². The number of unbranched alkanes of at least 4 members (excludes halogenated alkanes) is 51. The molecule has 6 atom stereocenters. The van der Waals surface area contributed by atoms with Crippen LogP contribution in [0.1, 0.15) is 426 Å². The lowest BCUT2D eigenvalue weighted by molar-refractivity contribution is -0.161. The summed E-state index contributed by atoms with van der Waals surface area (Å²) in [4.78, 5) is 72.9. The van der Waals surface area contributed by atoms with E-state index < -0.39 is 97.5 Å². The smallest absolute Gasteiger partial charge is 0.462 e. The molecule has 0 amide bonds. The van der Waals surface area contributed by atoms with Gasteiger partial charge < -0.3 is 33.8 Å². The number of hydrogen-bond acceptors (Lipinski definition) is 15. The van der Waals surface area contributed by atoms with Gasteiger partial charge in [-0.05, 0) is 31.6 Å². The molecule has 0 aliphatic rings. The van der Waals surface area contributed by atoms with Gasteiger partial charge in [0.05, 0.1) is 26.4 Å². The second-order valence-electron chi connectivity index (χ2n) is 29.1. The molecule has 0 saturated carbocycles. The lowest BCUT2D eigenvalue weighted by Gasteiger charge is -2.21. The molecule has 0 rings (SSSR count). The third-order valence-corrected chi connectivity index (χ3v) is 21.0. The first-order chi connectivity index (χ1) is 48.1. The molecule has 0 aromatic heterocycles. The zero-order chi connectivity index (χ0) is 72.7. The van der Waals surface area contributed by atoms with Crippen LogP contribution in [0.25, 0.3) is 0 Å². The Kier molecular flexibility index (Phi) is 71.6. The lowest BCUT2D eigenvalue weighted by Crippen LogP contribution is -2.30. The van der Waals surface area contributed by atoms with Gasteiger partial charge >= 0.3 is 39.5 Å². The maximum absolute atomic E-state index is 13.1. The second kappa shape index (κ2) is 73.0. The third-order valence-electron chi connectivity index (χ3n) is 19.1. The Balaban J connectivity index is 5.19. The van der Waals surface area contributed by atoms with Crippen LogP contribution in [0.5, 0.6) is 0 Å². The molecule has 0 saturated heterocycles. The number of carbonyl (C=O) groups is 4. The van der Waals surface area contributed by atoms with Crippen LogP contribution in [0.4, 0.5) is 0 Å². The molecule has 0 spiro atoms. The highest BCUT2D eigenvalue weighted by Crippen LogP contribution is 2.45. The van der Waals surface area contributed by atoms with E-state index in [-0.39, 0.29) is 25.7 Å². The largest absolute Gasteiger partial charge is 0.472 e. The van der Waals surface area contributed by atoms with Crippen LogP contribution in [-0.4, -0.2) is 96.7 Å². The maximum Gasteiger partial charge on any atom is 0.472 e. The number of aliphatic hydroxyl groups excluding tert-OH is 1. The Morgan fingerprint density at radius 3 is 0.717 bits per heavy atom. The molecule has 0 aliphatic heterocycles. The van der Waals surface area contributed by atoms with Crippen molar-refractivity contribution in [3.05, 3.63) is 0 Å². The molecule has 0 fully saturated rings. The van der Waals surface area contributed by atoms with Gasteiger partial charge in [-0.2, -0.15) is 0 Å². The van der Waals surface area contributed by atoms with Crippen molar-refractivity contribution in [1.29, 1.82) is 0 Å². The first-order valence-corrected chi connectivity index (χ1v) is 44.7. The monoisotopic (exact) mass is 1450 g/mol. The number of phosphoric ester groups is 2. The molecule has 99 heavy (non-hydrogen) atoms. The summed E-state index contributed by atoms with van der Waals surface area (Å²) in [5.74, 6) is -1.39. The summed E-state index contributed by atoms with van der Waals surface area (Å²) >= 11 is 0. The zero-order valence-electron chi connectivity index (χ0n) is 64.6. The van der Waals surface area contributed by atoms with E-state index in [0.29, 0.717) is 25.7 Å². The van der Waals surface area contributed by atoms with Crippen molar-refractivity contribution in [3.63, 3.8) is 0 Å². The van der Waals surface area contributed by atoms with Crippen molar-refractivity contribution >= 4 is 39.5 Å². The first-order valence-electron chi connectivity index (χ1n) is 41.7. The second-order valence-corrected chi connectivity index (χ2v) is 32.0. The van der Waals surface area contributed by atoms with Gasteiger partial charge in [-0.1, -0.05) is 375 Å². The Morgan fingerprint density at radius 1 is 0.283 bits per heavy atom. The van der Waals surface area contributed by atoms with Gasteiger partial charge in [0.2, 0.25) is 0 Å². The fraction of sp³-hybridized carbons (Fsp3) is 0.950. The molecule has 3 N–H and O–H groups in total. The Bertz CT molecular complexity index is 1890. The molecule has 588 valence electrons. The number of esters is 4. The average Bonchev–Trinajstić information content (AvgIpc) is 1.01. The summed E-state index contributed by atoms with van der Waals surface area (Å²) in [7, 11) is -9.91. The fourth-order valence-electron chi connectivity index (χ4n) is 12.4. The van der Waals surface area contributed by atoms with Crippen LogP contribution in [0.2, 0.25) is 0 Å². The SMILES string of the molecule is CCCCCCCCCCCCCCCCCCCCCCC(=O)O[C@H](COC(=O)CCCCCCCCCCCCCCCCCCCCC)COP(=O)(O)OC[C@@H](O)COP(=O)(O)OC[C@@H](COC(=O)CCCCCCCCCCCC)OC(=O)CCCCCCCCC(C)CC. The molecule has 17 nitrogen and oxygen atoms in total. The number of rotatable bonds is 80. The quantitative estimate of drug-likeness (QED) is 0.0222. The minimum Gasteiger partial charge on any atom is -0.462 e. The van der Waals surface area contributed by atoms with Crippen LogP contribution in [0.3, 0.4) is 0 Å². The molecule has 0 aromatic carbocycles. The number of phosphoric acid groups is 2. The minimum absolute atomic E-state index is 0.104. The summed E-state index contributed by atoms with van der Waals surface area (Å²) in [5, 5.41) is 10.6. The predicted octanol–water partition coefficient (Wildman–Crippen LogP) is 24.0. The van der Waals surface area contributed by atoms with E-state index in [4.69, 9.17) is 37.0 Å². The van der Waals surface area contributed by atoms with Gasteiger partial charge in [0, 0.05) is 25.7 Å². The molecule has 0 heterocycles. The van der Waals surface area contributed by atoms with Crippen LogP contribution in [0.15, 0.2) is 0 Å². The topological polar surface area (TPSA) is 237 Å². The molecular formula is C80H156O17P2. The molecular weight excluding hydrogens is 1290 g/mol. The third kappa shape index (κ3) is 72.8. The highest BCUT2D eigenvalue weighted by molar-refractivity contribution is 7.47. The van der Waals surface area contributed by atoms with Gasteiger partial charge in [0.1, 0.15) is 19.3 Å². The van der Waals surface area contributed by atoms with Crippen molar-refractivity contribution in [2.24, 2.45) is 5.92 Å². The van der Waals surface area contributed by atoms with E-state index in [0.717, 1.165) is 95.8 Å². The minimum atomic E-state index is -4.96. The molecule has 0 aliphatic carbocycles.